The van der Waals surface area contributed by atoms with Gasteiger partial charge in [-0.1, -0.05) is 25.5 Å². The minimum Gasteiger partial charge on any atom is -0.489 e. The van der Waals surface area contributed by atoms with Crippen LogP contribution in [0.3, 0.4) is 0 Å². The molecular formula is C23H36O3. The predicted octanol–water partition coefficient (Wildman–Crippen LogP) is 6.10. The summed E-state index contributed by atoms with van der Waals surface area (Å²) in [6.45, 7) is 11.5. The maximum atomic E-state index is 5.97. The lowest BCUT2D eigenvalue weighted by atomic mass is 9.90. The molecule has 3 nitrogen and oxygen atoms in total. The van der Waals surface area contributed by atoms with E-state index in [1.807, 2.05) is 19.2 Å². The van der Waals surface area contributed by atoms with Gasteiger partial charge in [-0.2, -0.15) is 0 Å². The van der Waals surface area contributed by atoms with Gasteiger partial charge < -0.3 is 14.2 Å². The van der Waals surface area contributed by atoms with Crippen molar-refractivity contribution in [3.05, 3.63) is 35.4 Å². The minimum absolute atomic E-state index is 0.0506. The van der Waals surface area contributed by atoms with Crippen LogP contribution in [0.2, 0.25) is 0 Å². The molecule has 0 amide bonds. The van der Waals surface area contributed by atoms with Gasteiger partial charge in [0.05, 0.1) is 5.60 Å². The van der Waals surface area contributed by atoms with Crippen molar-refractivity contribution in [3.63, 3.8) is 0 Å². The third-order valence-electron chi connectivity index (χ3n) is 5.65. The Labute approximate surface area is 159 Å². The van der Waals surface area contributed by atoms with Crippen LogP contribution >= 0.6 is 0 Å². The van der Waals surface area contributed by atoms with Gasteiger partial charge in [0.15, 0.2) is 0 Å². The fourth-order valence-electron chi connectivity index (χ4n) is 3.72. The van der Waals surface area contributed by atoms with E-state index in [-0.39, 0.29) is 11.2 Å². The van der Waals surface area contributed by atoms with E-state index in [2.05, 4.69) is 46.8 Å². The molecule has 0 bridgehead atoms. The van der Waals surface area contributed by atoms with Crippen LogP contribution in [0, 0.1) is 0 Å². The Kier molecular flexibility index (Phi) is 7.16. The van der Waals surface area contributed by atoms with E-state index in [1.165, 1.54) is 11.1 Å². The van der Waals surface area contributed by atoms with Crippen LogP contribution in [-0.4, -0.2) is 24.9 Å². The highest BCUT2D eigenvalue weighted by Crippen LogP contribution is 2.37. The number of allylic oxidation sites excluding steroid dienone is 1. The Bertz CT molecular complexity index is 604. The van der Waals surface area contributed by atoms with Gasteiger partial charge >= 0.3 is 0 Å². The van der Waals surface area contributed by atoms with E-state index >= 15 is 0 Å². The Morgan fingerprint density at radius 3 is 2.65 bits per heavy atom. The number of rotatable bonds is 10. The van der Waals surface area contributed by atoms with Crippen LogP contribution < -0.4 is 9.47 Å². The molecule has 0 saturated carbocycles. The Morgan fingerprint density at radius 1 is 1.27 bits per heavy atom. The highest BCUT2D eigenvalue weighted by molar-refractivity contribution is 5.44. The second-order valence-electron chi connectivity index (χ2n) is 8.12. The summed E-state index contributed by atoms with van der Waals surface area (Å²) in [5, 5.41) is 0. The average Bonchev–Trinajstić information content (AvgIpc) is 2.92. The van der Waals surface area contributed by atoms with Crippen molar-refractivity contribution in [1.29, 1.82) is 0 Å². The molecular weight excluding hydrogens is 324 g/mol. The molecule has 26 heavy (non-hydrogen) atoms. The fourth-order valence-corrected chi connectivity index (χ4v) is 3.72. The Morgan fingerprint density at radius 2 is 2.00 bits per heavy atom. The van der Waals surface area contributed by atoms with Crippen LogP contribution in [-0.2, 0) is 11.2 Å². The monoisotopic (exact) mass is 360 g/mol. The first-order chi connectivity index (χ1) is 12.3. The third-order valence-corrected chi connectivity index (χ3v) is 5.65. The number of ether oxygens (including phenoxy) is 3. The first kappa shape index (κ1) is 20.8. The summed E-state index contributed by atoms with van der Waals surface area (Å²) in [5.41, 5.74) is 2.59. The number of hydrogen-bond acceptors (Lipinski definition) is 3. The zero-order valence-electron chi connectivity index (χ0n) is 17.5. The molecule has 0 radical (unpaired) electrons. The molecule has 1 aromatic rings. The van der Waals surface area contributed by atoms with Crippen molar-refractivity contribution >= 4 is 0 Å². The van der Waals surface area contributed by atoms with Crippen LogP contribution in [0.15, 0.2) is 29.8 Å². The molecule has 1 aliphatic heterocycles. The molecule has 0 aromatic heterocycles. The standard InChI is InChI=1S/C23H36O3/c1-7-23(8-2,24-6)14-9-10-18(3)13-15-25-20-12-11-19-17-22(4,5)26-21(19)16-20/h11-13,16H,7-10,14-15,17H2,1-6H3/b18-13+. The Hall–Kier alpha value is -1.48. The van der Waals surface area contributed by atoms with Crippen LogP contribution in [0.1, 0.15) is 72.3 Å². The van der Waals surface area contributed by atoms with Gasteiger partial charge in [0, 0.05) is 19.6 Å². The first-order valence-corrected chi connectivity index (χ1v) is 9.98. The van der Waals surface area contributed by atoms with Crippen molar-refractivity contribution < 1.29 is 14.2 Å². The van der Waals surface area contributed by atoms with E-state index in [4.69, 9.17) is 14.2 Å². The van der Waals surface area contributed by atoms with Crippen LogP contribution in [0.4, 0.5) is 0 Å². The summed E-state index contributed by atoms with van der Waals surface area (Å²) in [6.07, 6.45) is 8.65. The average molecular weight is 361 g/mol. The fraction of sp³-hybridized carbons (Fsp3) is 0.652. The molecule has 1 aliphatic rings. The largest absolute Gasteiger partial charge is 0.489 e. The molecule has 0 N–H and O–H groups in total. The van der Waals surface area contributed by atoms with Gasteiger partial charge in [0.25, 0.3) is 0 Å². The lowest BCUT2D eigenvalue weighted by molar-refractivity contribution is -0.0250. The smallest absolute Gasteiger partial charge is 0.127 e. The Balaban J connectivity index is 1.78. The molecule has 0 saturated heterocycles. The van der Waals surface area contributed by atoms with Crippen molar-refractivity contribution in [2.75, 3.05) is 13.7 Å². The molecule has 3 heteroatoms. The second kappa shape index (κ2) is 8.94. The van der Waals surface area contributed by atoms with Crippen molar-refractivity contribution in [1.82, 2.24) is 0 Å². The predicted molar refractivity (Wildman–Crippen MR) is 108 cm³/mol. The first-order valence-electron chi connectivity index (χ1n) is 9.98. The molecule has 146 valence electrons. The van der Waals surface area contributed by atoms with Crippen LogP contribution in [0.5, 0.6) is 11.5 Å². The number of fused-ring (bicyclic) bond motifs is 1. The molecule has 0 atom stereocenters. The van der Waals surface area contributed by atoms with Gasteiger partial charge in [-0.05, 0) is 70.6 Å². The summed E-state index contributed by atoms with van der Waals surface area (Å²) in [4.78, 5) is 0. The van der Waals surface area contributed by atoms with Gasteiger partial charge in [-0.25, -0.2) is 0 Å². The maximum absolute atomic E-state index is 5.97. The summed E-state index contributed by atoms with van der Waals surface area (Å²) >= 11 is 0. The van der Waals surface area contributed by atoms with Gasteiger partial charge in [-0.15, -0.1) is 0 Å². The lowest BCUT2D eigenvalue weighted by Gasteiger charge is -2.30. The van der Waals surface area contributed by atoms with Crippen molar-refractivity contribution in [2.45, 2.75) is 84.3 Å². The summed E-state index contributed by atoms with van der Waals surface area (Å²) < 4.78 is 17.6. The zero-order valence-corrected chi connectivity index (χ0v) is 17.5. The number of benzene rings is 1. The topological polar surface area (TPSA) is 27.7 Å². The summed E-state index contributed by atoms with van der Waals surface area (Å²) in [7, 11) is 1.84. The lowest BCUT2D eigenvalue weighted by Crippen LogP contribution is -2.29. The normalized spacial score (nSPS) is 16.3. The third kappa shape index (κ3) is 5.51. The van der Waals surface area contributed by atoms with E-state index in [1.54, 1.807) is 0 Å². The van der Waals surface area contributed by atoms with Crippen molar-refractivity contribution in [2.24, 2.45) is 0 Å². The maximum Gasteiger partial charge on any atom is 0.127 e. The molecule has 0 fully saturated rings. The van der Waals surface area contributed by atoms with E-state index in [9.17, 15) is 0 Å². The zero-order chi connectivity index (χ0) is 19.2. The highest BCUT2D eigenvalue weighted by atomic mass is 16.5. The van der Waals surface area contributed by atoms with E-state index < -0.39 is 0 Å². The molecule has 2 rings (SSSR count). The van der Waals surface area contributed by atoms with E-state index in [0.717, 1.165) is 50.0 Å². The van der Waals surface area contributed by atoms with Gasteiger partial charge in [0.2, 0.25) is 0 Å². The molecule has 0 spiro atoms. The second-order valence-corrected chi connectivity index (χ2v) is 8.12. The van der Waals surface area contributed by atoms with Crippen molar-refractivity contribution in [3.8, 4) is 11.5 Å². The summed E-state index contributed by atoms with van der Waals surface area (Å²) in [6, 6.07) is 6.18. The highest BCUT2D eigenvalue weighted by Gasteiger charge is 2.30. The molecule has 0 unspecified atom stereocenters. The summed E-state index contributed by atoms with van der Waals surface area (Å²) in [5.74, 6) is 1.84. The van der Waals surface area contributed by atoms with Gasteiger partial charge in [-0.3, -0.25) is 0 Å². The minimum atomic E-state index is -0.105. The molecule has 0 aliphatic carbocycles. The SMILES string of the molecule is CCC(CC)(CCC/C(C)=C/COc1ccc2c(c1)OC(C)(C)C2)OC. The van der Waals surface area contributed by atoms with E-state index in [0.29, 0.717) is 6.61 Å². The number of methoxy groups -OCH3 is 1. The van der Waals surface area contributed by atoms with Gasteiger partial charge in [0.1, 0.15) is 23.7 Å². The quantitative estimate of drug-likeness (QED) is 0.472. The van der Waals surface area contributed by atoms with Crippen LogP contribution in [0.25, 0.3) is 0 Å². The molecule has 1 heterocycles. The molecule has 1 aromatic carbocycles. The number of hydrogen-bond donors (Lipinski definition) is 0.